The van der Waals surface area contributed by atoms with Gasteiger partial charge in [0.2, 0.25) is 0 Å². The number of aliphatic carboxylic acids is 1. The molecule has 0 atom stereocenters. The molecule has 31 heavy (non-hydrogen) atoms. The number of aromatic nitrogens is 3. The minimum absolute atomic E-state index is 0.184. The Bertz CT molecular complexity index is 1290. The first-order valence-electron chi connectivity index (χ1n) is 10.0. The number of aryl methyl sites for hydroxylation is 1. The van der Waals surface area contributed by atoms with E-state index >= 15 is 0 Å². The molecule has 2 aromatic carbocycles. The number of carboxylic acids is 1. The summed E-state index contributed by atoms with van der Waals surface area (Å²) in [6, 6.07) is 13.6. The molecule has 2 heterocycles. The van der Waals surface area contributed by atoms with Gasteiger partial charge in [-0.15, -0.1) is 0 Å². The number of aromatic amines is 1. The van der Waals surface area contributed by atoms with Crippen molar-refractivity contribution < 1.29 is 20.4 Å². The lowest BCUT2D eigenvalue weighted by Crippen LogP contribution is -2.50. The van der Waals surface area contributed by atoms with Crippen LogP contribution in [0.1, 0.15) is 19.0 Å². The molecule has 0 spiro atoms. The number of hydrogen-bond acceptors (Lipinski definition) is 5. The van der Waals surface area contributed by atoms with Crippen molar-refractivity contribution in [3.63, 3.8) is 0 Å². The van der Waals surface area contributed by atoms with Gasteiger partial charge in [-0.1, -0.05) is 18.2 Å². The molecule has 0 radical (unpaired) electrons. The maximum absolute atomic E-state index is 12.8. The summed E-state index contributed by atoms with van der Waals surface area (Å²) in [6.07, 6.45) is 0.984. The van der Waals surface area contributed by atoms with Crippen LogP contribution in [-0.2, 0) is 11.3 Å². The Kier molecular flexibility index (Phi) is 6.71. The molecular weight excluding hydrogens is 396 g/mol. The molecule has 0 unspecified atom stereocenters. The molecule has 0 fully saturated rings. The van der Waals surface area contributed by atoms with Gasteiger partial charge in [0.1, 0.15) is 11.4 Å². The van der Waals surface area contributed by atoms with Crippen molar-refractivity contribution in [2.24, 2.45) is 0 Å². The normalized spacial score (nSPS) is 10.7. The Morgan fingerprint density at radius 1 is 1.26 bits per heavy atom. The fourth-order valence-corrected chi connectivity index (χ4v) is 3.65. The molecule has 4 N–H and O–H groups in total. The lowest BCUT2D eigenvalue weighted by Gasteiger charge is -2.08. The number of nitrogens with one attached hydrogen (secondary N) is 1. The number of carboxylic acid groups (broad SMARTS) is 1. The number of carbonyl (C=O) groups is 1. The Labute approximate surface area is 179 Å². The van der Waals surface area contributed by atoms with Crippen molar-refractivity contribution in [3.05, 3.63) is 58.5 Å². The zero-order chi connectivity index (χ0) is 22.5. The van der Waals surface area contributed by atoms with Crippen LogP contribution in [-0.4, -0.2) is 34.2 Å². The van der Waals surface area contributed by atoms with Gasteiger partial charge < -0.3 is 29.9 Å². The van der Waals surface area contributed by atoms with Gasteiger partial charge >= 0.3 is 0 Å². The molecule has 0 aliphatic carbocycles. The first-order chi connectivity index (χ1) is 14.9. The smallest absolute Gasteiger partial charge is 0.275 e. The van der Waals surface area contributed by atoms with Crippen molar-refractivity contribution in [3.8, 4) is 17.0 Å². The Morgan fingerprint density at radius 2 is 1.97 bits per heavy atom. The average molecular weight is 422 g/mol. The summed E-state index contributed by atoms with van der Waals surface area (Å²) in [5.41, 5.74) is 8.66. The van der Waals surface area contributed by atoms with Crippen molar-refractivity contribution in [2.75, 3.05) is 13.7 Å². The number of para-hydroxylation sites is 1. The third-order valence-corrected chi connectivity index (χ3v) is 5.00. The van der Waals surface area contributed by atoms with Crippen LogP contribution in [0.5, 0.6) is 5.75 Å². The van der Waals surface area contributed by atoms with E-state index in [-0.39, 0.29) is 5.56 Å². The zero-order valence-electron chi connectivity index (χ0n) is 17.9. The van der Waals surface area contributed by atoms with E-state index in [0.29, 0.717) is 22.5 Å². The number of nitrogens with zero attached hydrogens (tertiary/aromatic N) is 2. The van der Waals surface area contributed by atoms with Gasteiger partial charge in [0.25, 0.3) is 5.56 Å². The number of quaternary nitrogens is 1. The maximum Gasteiger partial charge on any atom is 0.275 e. The molecular formula is C23H26N4O4. The summed E-state index contributed by atoms with van der Waals surface area (Å²) >= 11 is 0. The molecule has 8 heteroatoms. The molecule has 0 aliphatic rings. The number of fused-ring (bicyclic) bond motifs is 2. The van der Waals surface area contributed by atoms with Crippen LogP contribution in [0, 0.1) is 6.92 Å². The van der Waals surface area contributed by atoms with E-state index in [1.807, 2.05) is 30.3 Å². The maximum atomic E-state index is 12.8. The quantitative estimate of drug-likeness (QED) is 0.500. The van der Waals surface area contributed by atoms with Crippen molar-refractivity contribution >= 4 is 27.9 Å². The number of methoxy groups -OCH3 is 1. The lowest BCUT2D eigenvalue weighted by molar-refractivity contribution is -0.368. The average Bonchev–Trinajstić information content (AvgIpc) is 3.02. The number of hydrogen-bond donors (Lipinski definition) is 2. The molecule has 0 saturated carbocycles. The Hall–Kier alpha value is -3.65. The molecule has 0 saturated heterocycles. The summed E-state index contributed by atoms with van der Waals surface area (Å²) < 4.78 is 7.56. The molecule has 0 amide bonds. The molecule has 2 aromatic heterocycles. The predicted molar refractivity (Wildman–Crippen MR) is 118 cm³/mol. The van der Waals surface area contributed by atoms with Crippen LogP contribution >= 0.6 is 0 Å². The molecule has 0 bridgehead atoms. The van der Waals surface area contributed by atoms with Crippen LogP contribution < -0.4 is 21.1 Å². The zero-order valence-corrected chi connectivity index (χ0v) is 17.9. The summed E-state index contributed by atoms with van der Waals surface area (Å²) in [6.45, 7) is 4.76. The highest BCUT2D eigenvalue weighted by molar-refractivity contribution is 5.97. The standard InChI is InChI=1S/C21H22N4O2.C2H4O2/c1-13-19(15-6-3-4-7-18(15)25(13)11-5-10-22)20-21(26)24-16-9-8-14(27-2)12-17(16)23-20;1-2(3)4/h3-4,6-9,12H,5,10-11,22H2,1-2H3,(H,24,26);1H3,(H,3,4). The first kappa shape index (κ1) is 22.0. The molecule has 4 aromatic rings. The van der Waals surface area contributed by atoms with Crippen LogP contribution in [0.4, 0.5) is 0 Å². The fraction of sp³-hybridized carbons (Fsp3) is 0.261. The summed E-state index contributed by atoms with van der Waals surface area (Å²) in [7, 11) is 1.62. The predicted octanol–water partition coefficient (Wildman–Crippen LogP) is 1.25. The summed E-state index contributed by atoms with van der Waals surface area (Å²) in [5.74, 6) is -0.373. The minimum Gasteiger partial charge on any atom is -0.550 e. The van der Waals surface area contributed by atoms with E-state index in [2.05, 4.69) is 34.3 Å². The van der Waals surface area contributed by atoms with E-state index in [4.69, 9.17) is 19.6 Å². The monoisotopic (exact) mass is 422 g/mol. The number of ether oxygens (including phenoxy) is 1. The van der Waals surface area contributed by atoms with Crippen molar-refractivity contribution in [1.82, 2.24) is 14.5 Å². The lowest BCUT2D eigenvalue weighted by atomic mass is 10.1. The number of benzene rings is 2. The van der Waals surface area contributed by atoms with Gasteiger partial charge in [0.15, 0.2) is 0 Å². The van der Waals surface area contributed by atoms with Crippen LogP contribution in [0.25, 0.3) is 33.2 Å². The SMILES string of the molecule is CC(=O)[O-].COc1ccc2[nH]c(=O)c(-c3c(C)n(CCC[NH3+])c4ccccc34)nc2c1. The third-order valence-electron chi connectivity index (χ3n) is 5.00. The van der Waals surface area contributed by atoms with Gasteiger partial charge in [-0.25, -0.2) is 4.98 Å². The number of carbonyl (C=O) groups excluding carboxylic acids is 1. The van der Waals surface area contributed by atoms with Crippen molar-refractivity contribution in [1.29, 1.82) is 0 Å². The first-order valence-corrected chi connectivity index (χ1v) is 10.0. The highest BCUT2D eigenvalue weighted by atomic mass is 16.5. The molecule has 8 nitrogen and oxygen atoms in total. The second kappa shape index (κ2) is 9.44. The number of rotatable bonds is 5. The highest BCUT2D eigenvalue weighted by Gasteiger charge is 2.19. The van der Waals surface area contributed by atoms with Crippen LogP contribution in [0.2, 0.25) is 0 Å². The highest BCUT2D eigenvalue weighted by Crippen LogP contribution is 2.33. The fourth-order valence-electron chi connectivity index (χ4n) is 3.65. The minimum atomic E-state index is -1.08. The van der Waals surface area contributed by atoms with Gasteiger partial charge in [-0.05, 0) is 32.0 Å². The molecule has 0 aliphatic heterocycles. The van der Waals surface area contributed by atoms with Crippen molar-refractivity contribution in [2.45, 2.75) is 26.8 Å². The molecule has 162 valence electrons. The van der Waals surface area contributed by atoms with Gasteiger partial charge in [0, 0.05) is 47.2 Å². The summed E-state index contributed by atoms with van der Waals surface area (Å²) in [5, 5.41) is 9.93. The van der Waals surface area contributed by atoms with E-state index in [9.17, 15) is 4.79 Å². The Balaban J connectivity index is 0.000000628. The second-order valence-electron chi connectivity index (χ2n) is 7.13. The van der Waals surface area contributed by atoms with E-state index in [1.54, 1.807) is 7.11 Å². The van der Waals surface area contributed by atoms with Gasteiger partial charge in [-0.2, -0.15) is 0 Å². The number of H-pyrrole nitrogens is 1. The Morgan fingerprint density at radius 3 is 2.65 bits per heavy atom. The summed E-state index contributed by atoms with van der Waals surface area (Å²) in [4.78, 5) is 29.4. The molecule has 4 rings (SSSR count). The van der Waals surface area contributed by atoms with E-state index in [0.717, 1.165) is 48.6 Å². The van der Waals surface area contributed by atoms with Crippen LogP contribution in [0.3, 0.4) is 0 Å². The third kappa shape index (κ3) is 4.59. The topological polar surface area (TPSA) is 128 Å². The largest absolute Gasteiger partial charge is 0.550 e. The van der Waals surface area contributed by atoms with Crippen LogP contribution in [0.15, 0.2) is 47.3 Å². The van der Waals surface area contributed by atoms with Gasteiger partial charge in [-0.3, -0.25) is 4.79 Å². The van der Waals surface area contributed by atoms with E-state index < -0.39 is 5.97 Å². The second-order valence-corrected chi connectivity index (χ2v) is 7.13. The van der Waals surface area contributed by atoms with Gasteiger partial charge in [0.05, 0.1) is 24.7 Å². The van der Waals surface area contributed by atoms with E-state index in [1.165, 1.54) is 0 Å².